The minimum Gasteiger partial charge on any atom is -0.477 e. The van der Waals surface area contributed by atoms with E-state index < -0.39 is 17.5 Å². The van der Waals surface area contributed by atoms with Crippen molar-refractivity contribution in [1.82, 2.24) is 4.98 Å². The number of alkyl halides is 2. The standard InChI is InChI=1S/C8H6ClF2NO2/c1-4-2-5(3-6(9)12-4)8(10,11)7(13)14/h2-3H,1H3,(H,13,14). The Bertz CT molecular complexity index is 361. The average molecular weight is 222 g/mol. The van der Waals surface area contributed by atoms with Crippen molar-refractivity contribution in [3.05, 3.63) is 28.5 Å². The molecule has 0 radical (unpaired) electrons. The number of carbonyl (C=O) groups is 1. The number of nitrogens with zero attached hydrogens (tertiary/aromatic N) is 1. The van der Waals surface area contributed by atoms with Crippen LogP contribution in [0.2, 0.25) is 5.15 Å². The molecule has 14 heavy (non-hydrogen) atoms. The lowest BCUT2D eigenvalue weighted by Crippen LogP contribution is -2.25. The third-order valence-electron chi connectivity index (χ3n) is 1.55. The lowest BCUT2D eigenvalue weighted by atomic mass is 10.1. The van der Waals surface area contributed by atoms with Gasteiger partial charge in [-0.05, 0) is 19.1 Å². The zero-order valence-corrected chi connectivity index (χ0v) is 7.85. The van der Waals surface area contributed by atoms with Crippen molar-refractivity contribution < 1.29 is 18.7 Å². The molecule has 0 spiro atoms. The summed E-state index contributed by atoms with van der Waals surface area (Å²) in [4.78, 5) is 13.9. The van der Waals surface area contributed by atoms with Crippen molar-refractivity contribution in [1.29, 1.82) is 0 Å². The maximum atomic E-state index is 13.0. The van der Waals surface area contributed by atoms with Gasteiger partial charge in [0.25, 0.3) is 0 Å². The zero-order chi connectivity index (χ0) is 10.9. The molecule has 0 saturated heterocycles. The van der Waals surface area contributed by atoms with Gasteiger partial charge in [0.05, 0.1) is 0 Å². The number of hydrogen-bond donors (Lipinski definition) is 1. The topological polar surface area (TPSA) is 50.2 Å². The second-order valence-corrected chi connectivity index (χ2v) is 3.09. The van der Waals surface area contributed by atoms with E-state index in [2.05, 4.69) is 4.98 Å². The molecule has 0 aromatic carbocycles. The van der Waals surface area contributed by atoms with Crippen molar-refractivity contribution in [3.63, 3.8) is 0 Å². The molecule has 0 saturated carbocycles. The van der Waals surface area contributed by atoms with Gasteiger partial charge in [0.1, 0.15) is 5.15 Å². The third kappa shape index (κ3) is 1.98. The van der Waals surface area contributed by atoms with Gasteiger partial charge in [-0.1, -0.05) is 11.6 Å². The van der Waals surface area contributed by atoms with Crippen molar-refractivity contribution >= 4 is 17.6 Å². The van der Waals surface area contributed by atoms with Crippen LogP contribution in [0.25, 0.3) is 0 Å². The predicted octanol–water partition coefficient (Wildman–Crippen LogP) is 2.22. The lowest BCUT2D eigenvalue weighted by molar-refractivity contribution is -0.166. The Morgan fingerprint density at radius 3 is 2.57 bits per heavy atom. The molecule has 0 bridgehead atoms. The second-order valence-electron chi connectivity index (χ2n) is 2.70. The van der Waals surface area contributed by atoms with Crippen molar-refractivity contribution in [2.75, 3.05) is 0 Å². The van der Waals surface area contributed by atoms with Gasteiger partial charge >= 0.3 is 11.9 Å². The number of pyridine rings is 1. The van der Waals surface area contributed by atoms with E-state index in [1.807, 2.05) is 0 Å². The van der Waals surface area contributed by atoms with Gasteiger partial charge in [-0.15, -0.1) is 0 Å². The highest BCUT2D eigenvalue weighted by atomic mass is 35.5. The number of carboxylic acid groups (broad SMARTS) is 1. The van der Waals surface area contributed by atoms with Gasteiger partial charge in [0, 0.05) is 11.3 Å². The van der Waals surface area contributed by atoms with Crippen LogP contribution in [0.5, 0.6) is 0 Å². The predicted molar refractivity (Wildman–Crippen MR) is 45.5 cm³/mol. The van der Waals surface area contributed by atoms with E-state index in [0.717, 1.165) is 12.1 Å². The van der Waals surface area contributed by atoms with Crippen LogP contribution in [0, 0.1) is 6.92 Å². The Hall–Kier alpha value is -1.23. The molecule has 0 aliphatic carbocycles. The second kappa shape index (κ2) is 3.49. The van der Waals surface area contributed by atoms with Crippen molar-refractivity contribution in [2.24, 2.45) is 0 Å². The van der Waals surface area contributed by atoms with E-state index in [1.165, 1.54) is 6.92 Å². The quantitative estimate of drug-likeness (QED) is 0.779. The summed E-state index contributed by atoms with van der Waals surface area (Å²) in [5, 5.41) is 8.11. The first-order chi connectivity index (χ1) is 6.34. The van der Waals surface area contributed by atoms with E-state index in [9.17, 15) is 13.6 Å². The Kier molecular flexibility index (Phi) is 2.71. The molecule has 1 rings (SSSR count). The molecule has 76 valence electrons. The van der Waals surface area contributed by atoms with E-state index in [4.69, 9.17) is 16.7 Å². The fourth-order valence-electron chi connectivity index (χ4n) is 0.933. The molecule has 1 heterocycles. The maximum Gasteiger partial charge on any atom is 0.379 e. The molecule has 0 atom stereocenters. The van der Waals surface area contributed by atoms with E-state index >= 15 is 0 Å². The van der Waals surface area contributed by atoms with Crippen LogP contribution in [0.1, 0.15) is 11.3 Å². The highest BCUT2D eigenvalue weighted by Crippen LogP contribution is 2.29. The number of hydrogen-bond acceptors (Lipinski definition) is 2. The van der Waals surface area contributed by atoms with Gasteiger partial charge < -0.3 is 5.11 Å². The largest absolute Gasteiger partial charge is 0.477 e. The monoisotopic (exact) mass is 221 g/mol. The normalized spacial score (nSPS) is 11.4. The number of rotatable bonds is 2. The fourth-order valence-corrected chi connectivity index (χ4v) is 1.18. The fraction of sp³-hybridized carbons (Fsp3) is 0.250. The number of aliphatic carboxylic acids is 1. The Morgan fingerprint density at radius 1 is 1.57 bits per heavy atom. The summed E-state index contributed by atoms with van der Waals surface area (Å²) in [5.74, 6) is -6.14. The number of aryl methyl sites for hydroxylation is 1. The van der Waals surface area contributed by atoms with Gasteiger partial charge in [0.2, 0.25) is 0 Å². The Balaban J connectivity index is 3.25. The Morgan fingerprint density at radius 2 is 2.14 bits per heavy atom. The molecular formula is C8H6ClF2NO2. The summed E-state index contributed by atoms with van der Waals surface area (Å²) < 4.78 is 25.9. The maximum absolute atomic E-state index is 13.0. The first kappa shape index (κ1) is 10.8. The highest BCUT2D eigenvalue weighted by Gasteiger charge is 2.41. The highest BCUT2D eigenvalue weighted by molar-refractivity contribution is 6.29. The third-order valence-corrected chi connectivity index (χ3v) is 1.75. The molecular weight excluding hydrogens is 216 g/mol. The molecule has 6 heteroatoms. The SMILES string of the molecule is Cc1cc(C(F)(F)C(=O)O)cc(Cl)n1. The molecule has 1 aromatic rings. The zero-order valence-electron chi connectivity index (χ0n) is 7.09. The summed E-state index contributed by atoms with van der Waals surface area (Å²) in [5.41, 5.74) is -0.420. The number of aromatic nitrogens is 1. The van der Waals surface area contributed by atoms with Crippen molar-refractivity contribution in [2.45, 2.75) is 12.8 Å². The minimum absolute atomic E-state index is 0.152. The van der Waals surface area contributed by atoms with Crippen molar-refractivity contribution in [3.8, 4) is 0 Å². The van der Waals surface area contributed by atoms with E-state index in [0.29, 0.717) is 0 Å². The van der Waals surface area contributed by atoms with E-state index in [-0.39, 0.29) is 10.8 Å². The molecule has 0 unspecified atom stereocenters. The summed E-state index contributed by atoms with van der Waals surface area (Å²) in [6.07, 6.45) is 0. The molecule has 0 fully saturated rings. The van der Waals surface area contributed by atoms with Crippen LogP contribution >= 0.6 is 11.6 Å². The van der Waals surface area contributed by atoms with Crippen LogP contribution < -0.4 is 0 Å². The van der Waals surface area contributed by atoms with Gasteiger partial charge in [0.15, 0.2) is 0 Å². The van der Waals surface area contributed by atoms with Crippen LogP contribution in [-0.4, -0.2) is 16.1 Å². The summed E-state index contributed by atoms with van der Waals surface area (Å²) in [6, 6.07) is 1.82. The van der Waals surface area contributed by atoms with Gasteiger partial charge in [-0.25, -0.2) is 9.78 Å². The smallest absolute Gasteiger partial charge is 0.379 e. The molecule has 3 nitrogen and oxygen atoms in total. The minimum atomic E-state index is -3.93. The molecule has 1 N–H and O–H groups in total. The Labute approximate surface area is 83.3 Å². The molecule has 0 aliphatic heterocycles. The lowest BCUT2D eigenvalue weighted by Gasteiger charge is -2.11. The van der Waals surface area contributed by atoms with E-state index in [1.54, 1.807) is 0 Å². The molecule has 0 amide bonds. The number of carboxylic acids is 1. The number of halogens is 3. The average Bonchev–Trinajstić information content (AvgIpc) is 2.01. The summed E-state index contributed by atoms with van der Waals surface area (Å²) in [6.45, 7) is 1.45. The van der Waals surface area contributed by atoms with Gasteiger partial charge in [-0.3, -0.25) is 0 Å². The van der Waals surface area contributed by atoms with Crippen LogP contribution in [0.4, 0.5) is 8.78 Å². The van der Waals surface area contributed by atoms with Crippen LogP contribution in [0.3, 0.4) is 0 Å². The molecule has 1 aromatic heterocycles. The van der Waals surface area contributed by atoms with Crippen LogP contribution in [0.15, 0.2) is 12.1 Å². The molecule has 0 aliphatic rings. The first-order valence-electron chi connectivity index (χ1n) is 3.60. The van der Waals surface area contributed by atoms with Gasteiger partial charge in [-0.2, -0.15) is 8.78 Å². The summed E-state index contributed by atoms with van der Waals surface area (Å²) in [7, 11) is 0. The summed E-state index contributed by atoms with van der Waals surface area (Å²) >= 11 is 5.42. The first-order valence-corrected chi connectivity index (χ1v) is 3.97. The van der Waals surface area contributed by atoms with Crippen LogP contribution in [-0.2, 0) is 10.7 Å².